The van der Waals surface area contributed by atoms with Crippen molar-refractivity contribution < 1.29 is 14.4 Å². The predicted octanol–water partition coefficient (Wildman–Crippen LogP) is 1.12. The fraction of sp³-hybridized carbons (Fsp3) is 0.636. The number of amides is 1. The normalized spacial score (nSPS) is 12.8. The van der Waals surface area contributed by atoms with Gasteiger partial charge in [0.25, 0.3) is 5.91 Å². The van der Waals surface area contributed by atoms with E-state index in [1.54, 1.807) is 13.0 Å². The smallest absolute Gasteiger partial charge is 0.290 e. The first-order chi connectivity index (χ1) is 7.54. The summed E-state index contributed by atoms with van der Waals surface area (Å²) in [4.78, 5) is 11.7. The Labute approximate surface area is 94.8 Å². The van der Waals surface area contributed by atoms with Crippen LogP contribution in [0.5, 0.6) is 0 Å². The van der Waals surface area contributed by atoms with Gasteiger partial charge in [0.1, 0.15) is 0 Å². The van der Waals surface area contributed by atoms with Crippen LogP contribution in [0.15, 0.2) is 10.6 Å². The molecule has 5 nitrogen and oxygen atoms in total. The number of aliphatic hydroxyl groups is 1. The Morgan fingerprint density at radius 1 is 1.62 bits per heavy atom. The lowest BCUT2D eigenvalue weighted by atomic mass is 10.0. The second-order valence-electron chi connectivity index (χ2n) is 4.17. The SMILES string of the molecule is Cc1cc(C(=O)NC(CCO)C(C)C)on1. The highest BCUT2D eigenvalue weighted by molar-refractivity contribution is 5.91. The van der Waals surface area contributed by atoms with Crippen LogP contribution >= 0.6 is 0 Å². The van der Waals surface area contributed by atoms with Gasteiger partial charge in [0.05, 0.1) is 5.69 Å². The molecule has 1 aromatic heterocycles. The van der Waals surface area contributed by atoms with Crippen LogP contribution in [0.2, 0.25) is 0 Å². The summed E-state index contributed by atoms with van der Waals surface area (Å²) in [6, 6.07) is 1.54. The molecule has 90 valence electrons. The molecule has 0 aliphatic rings. The number of carbonyl (C=O) groups is 1. The fourth-order valence-electron chi connectivity index (χ4n) is 1.42. The molecule has 1 unspecified atom stereocenters. The summed E-state index contributed by atoms with van der Waals surface area (Å²) in [5.41, 5.74) is 0.674. The lowest BCUT2D eigenvalue weighted by Crippen LogP contribution is -2.39. The van der Waals surface area contributed by atoms with Crippen LogP contribution in [0.4, 0.5) is 0 Å². The number of nitrogens with one attached hydrogen (secondary N) is 1. The van der Waals surface area contributed by atoms with Gasteiger partial charge in [-0.05, 0) is 19.3 Å². The maximum absolute atomic E-state index is 11.7. The van der Waals surface area contributed by atoms with E-state index >= 15 is 0 Å². The van der Waals surface area contributed by atoms with Crippen molar-refractivity contribution >= 4 is 5.91 Å². The van der Waals surface area contributed by atoms with Crippen LogP contribution in [0, 0.1) is 12.8 Å². The zero-order chi connectivity index (χ0) is 12.1. The molecule has 0 fully saturated rings. The number of aryl methyl sites for hydroxylation is 1. The van der Waals surface area contributed by atoms with E-state index < -0.39 is 0 Å². The van der Waals surface area contributed by atoms with Crippen LogP contribution < -0.4 is 5.32 Å². The molecular formula is C11H18N2O3. The lowest BCUT2D eigenvalue weighted by Gasteiger charge is -2.20. The van der Waals surface area contributed by atoms with E-state index in [1.807, 2.05) is 13.8 Å². The third kappa shape index (κ3) is 3.34. The van der Waals surface area contributed by atoms with Gasteiger partial charge < -0.3 is 14.9 Å². The molecule has 1 rings (SSSR count). The maximum Gasteiger partial charge on any atom is 0.290 e. The zero-order valence-corrected chi connectivity index (χ0v) is 9.86. The quantitative estimate of drug-likeness (QED) is 0.789. The summed E-state index contributed by atoms with van der Waals surface area (Å²) >= 11 is 0. The Balaban J connectivity index is 2.61. The van der Waals surface area contributed by atoms with Gasteiger partial charge in [-0.1, -0.05) is 19.0 Å². The molecule has 5 heteroatoms. The summed E-state index contributed by atoms with van der Waals surface area (Å²) in [5, 5.41) is 15.4. The highest BCUT2D eigenvalue weighted by Crippen LogP contribution is 2.08. The number of nitrogens with zero attached hydrogens (tertiary/aromatic N) is 1. The van der Waals surface area contributed by atoms with Crippen molar-refractivity contribution in [1.82, 2.24) is 10.5 Å². The maximum atomic E-state index is 11.7. The Morgan fingerprint density at radius 3 is 2.75 bits per heavy atom. The minimum Gasteiger partial charge on any atom is -0.396 e. The molecule has 2 N–H and O–H groups in total. The summed E-state index contributed by atoms with van der Waals surface area (Å²) in [6.45, 7) is 5.80. The molecular weight excluding hydrogens is 208 g/mol. The molecule has 0 bridgehead atoms. The van der Waals surface area contributed by atoms with Crippen molar-refractivity contribution in [2.75, 3.05) is 6.61 Å². The van der Waals surface area contributed by atoms with Gasteiger partial charge >= 0.3 is 0 Å². The summed E-state index contributed by atoms with van der Waals surface area (Å²) in [7, 11) is 0. The van der Waals surface area contributed by atoms with E-state index in [2.05, 4.69) is 10.5 Å². The molecule has 0 saturated carbocycles. The average Bonchev–Trinajstić information content (AvgIpc) is 2.64. The molecule has 1 heterocycles. The van der Waals surface area contributed by atoms with Crippen LogP contribution in [0.25, 0.3) is 0 Å². The molecule has 0 saturated heterocycles. The third-order valence-corrected chi connectivity index (χ3v) is 2.41. The molecule has 0 radical (unpaired) electrons. The predicted molar refractivity (Wildman–Crippen MR) is 59.0 cm³/mol. The zero-order valence-electron chi connectivity index (χ0n) is 9.86. The Bertz CT molecular complexity index is 347. The number of hydrogen-bond donors (Lipinski definition) is 2. The van der Waals surface area contributed by atoms with Crippen molar-refractivity contribution in [3.05, 3.63) is 17.5 Å². The Kier molecular flexibility index (Phi) is 4.49. The third-order valence-electron chi connectivity index (χ3n) is 2.41. The summed E-state index contributed by atoms with van der Waals surface area (Å²) in [5.74, 6) is 0.189. The minimum atomic E-state index is -0.284. The van der Waals surface area contributed by atoms with Gasteiger partial charge in [0.2, 0.25) is 5.76 Å². The minimum absolute atomic E-state index is 0.0529. The van der Waals surface area contributed by atoms with Gasteiger partial charge in [-0.3, -0.25) is 4.79 Å². The Morgan fingerprint density at radius 2 is 2.31 bits per heavy atom. The van der Waals surface area contributed by atoms with Crippen LogP contribution in [-0.4, -0.2) is 28.8 Å². The number of aliphatic hydroxyl groups excluding tert-OH is 1. The molecule has 1 aromatic rings. The van der Waals surface area contributed by atoms with Gasteiger partial charge in [0, 0.05) is 18.7 Å². The average molecular weight is 226 g/mol. The second-order valence-corrected chi connectivity index (χ2v) is 4.17. The monoisotopic (exact) mass is 226 g/mol. The standard InChI is InChI=1S/C11H18N2O3/c1-7(2)9(4-5-14)12-11(15)10-6-8(3)13-16-10/h6-7,9,14H,4-5H2,1-3H3,(H,12,15). The van der Waals surface area contributed by atoms with Crippen LogP contribution in [-0.2, 0) is 0 Å². The van der Waals surface area contributed by atoms with Crippen LogP contribution in [0.3, 0.4) is 0 Å². The van der Waals surface area contributed by atoms with Crippen molar-refractivity contribution in [2.45, 2.75) is 33.2 Å². The molecule has 0 spiro atoms. The fourth-order valence-corrected chi connectivity index (χ4v) is 1.42. The van der Waals surface area contributed by atoms with Gasteiger partial charge in [-0.2, -0.15) is 0 Å². The number of aromatic nitrogens is 1. The van der Waals surface area contributed by atoms with Crippen LogP contribution in [0.1, 0.15) is 36.5 Å². The van der Waals surface area contributed by atoms with E-state index in [1.165, 1.54) is 0 Å². The first kappa shape index (κ1) is 12.7. The highest BCUT2D eigenvalue weighted by Gasteiger charge is 2.19. The van der Waals surface area contributed by atoms with Gasteiger partial charge in [-0.25, -0.2) is 0 Å². The lowest BCUT2D eigenvalue weighted by molar-refractivity contribution is 0.0879. The first-order valence-electron chi connectivity index (χ1n) is 5.39. The number of hydrogen-bond acceptors (Lipinski definition) is 4. The van der Waals surface area contributed by atoms with Crippen molar-refractivity contribution in [3.8, 4) is 0 Å². The molecule has 0 aromatic carbocycles. The number of carbonyl (C=O) groups excluding carboxylic acids is 1. The van der Waals surface area contributed by atoms with E-state index in [4.69, 9.17) is 9.63 Å². The molecule has 0 aliphatic heterocycles. The van der Waals surface area contributed by atoms with E-state index in [0.717, 1.165) is 0 Å². The van der Waals surface area contributed by atoms with Crippen molar-refractivity contribution in [3.63, 3.8) is 0 Å². The van der Waals surface area contributed by atoms with E-state index in [0.29, 0.717) is 12.1 Å². The molecule has 1 atom stereocenters. The van der Waals surface area contributed by atoms with Gasteiger partial charge in [-0.15, -0.1) is 0 Å². The summed E-state index contributed by atoms with van der Waals surface area (Å²) < 4.78 is 4.86. The Hall–Kier alpha value is -1.36. The van der Waals surface area contributed by atoms with Crippen molar-refractivity contribution in [2.24, 2.45) is 5.92 Å². The van der Waals surface area contributed by atoms with E-state index in [9.17, 15) is 4.79 Å². The first-order valence-corrected chi connectivity index (χ1v) is 5.39. The number of rotatable bonds is 5. The second kappa shape index (κ2) is 5.65. The van der Waals surface area contributed by atoms with Crippen molar-refractivity contribution in [1.29, 1.82) is 0 Å². The highest BCUT2D eigenvalue weighted by atomic mass is 16.5. The summed E-state index contributed by atoms with van der Waals surface area (Å²) in [6.07, 6.45) is 0.538. The molecule has 1 amide bonds. The topological polar surface area (TPSA) is 75.4 Å². The van der Waals surface area contributed by atoms with E-state index in [-0.39, 0.29) is 30.2 Å². The van der Waals surface area contributed by atoms with Gasteiger partial charge in [0.15, 0.2) is 0 Å². The largest absolute Gasteiger partial charge is 0.396 e. The molecule has 16 heavy (non-hydrogen) atoms. The molecule has 0 aliphatic carbocycles.